The van der Waals surface area contributed by atoms with Crippen molar-refractivity contribution in [1.82, 2.24) is 4.90 Å². The van der Waals surface area contributed by atoms with Crippen molar-refractivity contribution in [2.24, 2.45) is 11.7 Å². The second kappa shape index (κ2) is 6.12. The van der Waals surface area contributed by atoms with Gasteiger partial charge >= 0.3 is 6.03 Å². The summed E-state index contributed by atoms with van der Waals surface area (Å²) in [7, 11) is 1.50. The molecule has 1 atom stereocenters. The molecule has 1 unspecified atom stereocenters. The van der Waals surface area contributed by atoms with Gasteiger partial charge < -0.3 is 16.0 Å². The molecule has 0 aliphatic heterocycles. The molecule has 0 heterocycles. The molecule has 5 nitrogen and oxygen atoms in total. The van der Waals surface area contributed by atoms with Gasteiger partial charge in [0.05, 0.1) is 11.5 Å². The highest BCUT2D eigenvalue weighted by molar-refractivity contribution is 5.89. The van der Waals surface area contributed by atoms with Gasteiger partial charge in [-0.3, -0.25) is 5.41 Å². The monoisotopic (exact) mass is 270 g/mol. The molecule has 104 valence electrons. The maximum atomic E-state index is 13.3. The van der Waals surface area contributed by atoms with Gasteiger partial charge in [0.15, 0.2) is 0 Å². The molecule has 7 heteroatoms. The zero-order valence-electron chi connectivity index (χ0n) is 10.7. The Hall–Kier alpha value is -2.18. The number of nitrogens with one attached hydrogen (secondary N) is 2. The number of halogens is 2. The first-order valence-electron chi connectivity index (χ1n) is 5.62. The van der Waals surface area contributed by atoms with Gasteiger partial charge in [-0.05, 0) is 12.1 Å². The standard InChI is InChI=1S/C12H16F2N4O/c1-7(11(15)16)6-18(2)12(19)17-10-4-3-8(13)5-9(10)14/h3-5,7H,6H2,1-2H3,(H3,15,16)(H,17,19). The lowest BCUT2D eigenvalue weighted by atomic mass is 10.1. The lowest BCUT2D eigenvalue weighted by molar-refractivity contribution is 0.219. The van der Waals surface area contributed by atoms with Gasteiger partial charge in [-0.25, -0.2) is 13.6 Å². The number of hydrogen-bond donors (Lipinski definition) is 3. The second-order valence-electron chi connectivity index (χ2n) is 4.29. The first kappa shape index (κ1) is 14.9. The fraction of sp³-hybridized carbons (Fsp3) is 0.333. The van der Waals surface area contributed by atoms with Gasteiger partial charge in [-0.15, -0.1) is 0 Å². The van der Waals surface area contributed by atoms with E-state index >= 15 is 0 Å². The zero-order valence-corrected chi connectivity index (χ0v) is 10.7. The fourth-order valence-corrected chi connectivity index (χ4v) is 1.39. The molecule has 1 aromatic rings. The molecule has 0 saturated heterocycles. The largest absolute Gasteiger partial charge is 0.387 e. The van der Waals surface area contributed by atoms with Crippen LogP contribution in [-0.2, 0) is 0 Å². The third-order valence-corrected chi connectivity index (χ3v) is 2.60. The SMILES string of the molecule is CC(CN(C)C(=O)Nc1ccc(F)cc1F)C(=N)N. The van der Waals surface area contributed by atoms with E-state index in [0.717, 1.165) is 12.1 Å². The van der Waals surface area contributed by atoms with E-state index in [-0.39, 0.29) is 24.0 Å². The fourth-order valence-electron chi connectivity index (χ4n) is 1.39. The predicted octanol–water partition coefficient (Wildman–Crippen LogP) is 2.00. The summed E-state index contributed by atoms with van der Waals surface area (Å²) in [6, 6.07) is 2.33. The summed E-state index contributed by atoms with van der Waals surface area (Å²) in [4.78, 5) is 13.0. The number of rotatable bonds is 4. The summed E-state index contributed by atoms with van der Waals surface area (Å²) in [5.41, 5.74) is 5.20. The number of anilines is 1. The van der Waals surface area contributed by atoms with E-state index in [1.807, 2.05) is 0 Å². The molecule has 2 amide bonds. The molecule has 4 N–H and O–H groups in total. The molecular weight excluding hydrogens is 254 g/mol. The van der Waals surface area contributed by atoms with Gasteiger partial charge in [-0.2, -0.15) is 0 Å². The van der Waals surface area contributed by atoms with Crippen molar-refractivity contribution in [3.8, 4) is 0 Å². The van der Waals surface area contributed by atoms with Crippen molar-refractivity contribution >= 4 is 17.6 Å². The van der Waals surface area contributed by atoms with E-state index in [4.69, 9.17) is 11.1 Å². The van der Waals surface area contributed by atoms with Crippen LogP contribution in [0.5, 0.6) is 0 Å². The van der Waals surface area contributed by atoms with Crippen LogP contribution in [0.1, 0.15) is 6.92 Å². The Kier molecular flexibility index (Phi) is 4.80. The lowest BCUT2D eigenvalue weighted by Crippen LogP contribution is -2.38. The number of carbonyl (C=O) groups is 1. The lowest BCUT2D eigenvalue weighted by Gasteiger charge is -2.21. The summed E-state index contributed by atoms with van der Waals surface area (Å²) in [5.74, 6) is -1.89. The maximum absolute atomic E-state index is 13.3. The number of nitrogens with two attached hydrogens (primary N) is 1. The number of hydrogen-bond acceptors (Lipinski definition) is 2. The minimum atomic E-state index is -0.846. The minimum absolute atomic E-state index is 0.0346. The average Bonchev–Trinajstić information content (AvgIpc) is 2.32. The highest BCUT2D eigenvalue weighted by Gasteiger charge is 2.15. The van der Waals surface area contributed by atoms with Gasteiger partial charge in [-0.1, -0.05) is 6.92 Å². The van der Waals surface area contributed by atoms with E-state index in [1.54, 1.807) is 6.92 Å². The number of carbonyl (C=O) groups excluding carboxylic acids is 1. The minimum Gasteiger partial charge on any atom is -0.387 e. The van der Waals surface area contributed by atoms with Crippen LogP contribution in [0.3, 0.4) is 0 Å². The first-order chi connectivity index (χ1) is 8.81. The highest BCUT2D eigenvalue weighted by Crippen LogP contribution is 2.15. The van der Waals surface area contributed by atoms with Gasteiger partial charge in [0.1, 0.15) is 11.6 Å². The number of urea groups is 1. The molecule has 1 aromatic carbocycles. The number of amidine groups is 1. The van der Waals surface area contributed by atoms with Crippen molar-refractivity contribution in [3.05, 3.63) is 29.8 Å². The highest BCUT2D eigenvalue weighted by atomic mass is 19.1. The summed E-state index contributed by atoms with van der Waals surface area (Å²) in [6.45, 7) is 1.93. The smallest absolute Gasteiger partial charge is 0.321 e. The van der Waals surface area contributed by atoms with Crippen LogP contribution < -0.4 is 11.1 Å². The Morgan fingerprint density at radius 3 is 2.68 bits per heavy atom. The van der Waals surface area contributed by atoms with Crippen LogP contribution in [-0.4, -0.2) is 30.4 Å². The van der Waals surface area contributed by atoms with Crippen molar-refractivity contribution < 1.29 is 13.6 Å². The summed E-state index contributed by atoms with van der Waals surface area (Å²) in [6.07, 6.45) is 0. The summed E-state index contributed by atoms with van der Waals surface area (Å²) >= 11 is 0. The van der Waals surface area contributed by atoms with Crippen molar-refractivity contribution in [3.63, 3.8) is 0 Å². The first-order valence-corrected chi connectivity index (χ1v) is 5.62. The van der Waals surface area contributed by atoms with Crippen LogP contribution in [0.15, 0.2) is 18.2 Å². The average molecular weight is 270 g/mol. The predicted molar refractivity (Wildman–Crippen MR) is 69.1 cm³/mol. The molecule has 0 aliphatic rings. The van der Waals surface area contributed by atoms with E-state index in [2.05, 4.69) is 5.32 Å². The van der Waals surface area contributed by atoms with Crippen molar-refractivity contribution in [2.45, 2.75) is 6.92 Å². The molecule has 1 rings (SSSR count). The molecule has 0 radical (unpaired) electrons. The van der Waals surface area contributed by atoms with Crippen molar-refractivity contribution in [1.29, 1.82) is 5.41 Å². The number of benzene rings is 1. The Balaban J connectivity index is 2.66. The maximum Gasteiger partial charge on any atom is 0.321 e. The number of nitrogens with zero attached hydrogens (tertiary/aromatic N) is 1. The Morgan fingerprint density at radius 1 is 1.53 bits per heavy atom. The third kappa shape index (κ3) is 4.20. The molecule has 0 spiro atoms. The molecule has 0 bridgehead atoms. The molecule has 0 fully saturated rings. The van der Waals surface area contributed by atoms with Crippen LogP contribution in [0.4, 0.5) is 19.3 Å². The quantitative estimate of drug-likeness (QED) is 0.577. The van der Waals surface area contributed by atoms with E-state index in [9.17, 15) is 13.6 Å². The van der Waals surface area contributed by atoms with Crippen molar-refractivity contribution in [2.75, 3.05) is 18.9 Å². The van der Waals surface area contributed by atoms with Gasteiger partial charge in [0, 0.05) is 25.6 Å². The summed E-state index contributed by atoms with van der Waals surface area (Å²) in [5, 5.41) is 9.55. The Morgan fingerprint density at radius 2 is 2.16 bits per heavy atom. The third-order valence-electron chi connectivity index (χ3n) is 2.60. The normalized spacial score (nSPS) is 11.8. The van der Waals surface area contributed by atoms with Crippen LogP contribution in [0.2, 0.25) is 0 Å². The molecule has 0 aromatic heterocycles. The topological polar surface area (TPSA) is 82.2 Å². The molecule has 0 saturated carbocycles. The second-order valence-corrected chi connectivity index (χ2v) is 4.29. The molecule has 0 aliphatic carbocycles. The Bertz CT molecular complexity index is 493. The van der Waals surface area contributed by atoms with Gasteiger partial charge in [0.2, 0.25) is 0 Å². The Labute approximate surface area is 109 Å². The summed E-state index contributed by atoms with van der Waals surface area (Å²) < 4.78 is 26.0. The zero-order chi connectivity index (χ0) is 14.6. The van der Waals surface area contributed by atoms with E-state index in [0.29, 0.717) is 6.07 Å². The van der Waals surface area contributed by atoms with E-state index < -0.39 is 17.7 Å². The molecular formula is C12H16F2N4O. The number of amides is 2. The van der Waals surface area contributed by atoms with Crippen LogP contribution >= 0.6 is 0 Å². The molecule has 19 heavy (non-hydrogen) atoms. The van der Waals surface area contributed by atoms with Gasteiger partial charge in [0.25, 0.3) is 0 Å². The van der Waals surface area contributed by atoms with E-state index in [1.165, 1.54) is 11.9 Å². The van der Waals surface area contributed by atoms with Crippen LogP contribution in [0.25, 0.3) is 0 Å². The van der Waals surface area contributed by atoms with Crippen LogP contribution in [0, 0.1) is 23.0 Å².